The summed E-state index contributed by atoms with van der Waals surface area (Å²) in [5.74, 6) is 0.432. The van der Waals surface area contributed by atoms with Crippen LogP contribution in [0.5, 0.6) is 0 Å². The van der Waals surface area contributed by atoms with Crippen LogP contribution in [0.1, 0.15) is 37.0 Å². The molecule has 8 heteroatoms. The predicted octanol–water partition coefficient (Wildman–Crippen LogP) is 2.91. The van der Waals surface area contributed by atoms with E-state index in [0.717, 1.165) is 11.4 Å². The van der Waals surface area contributed by atoms with Crippen LogP contribution >= 0.6 is 11.3 Å². The van der Waals surface area contributed by atoms with E-state index in [9.17, 15) is 10.1 Å². The Balaban J connectivity index is 2.33. The summed E-state index contributed by atoms with van der Waals surface area (Å²) in [5, 5.41) is 21.5. The van der Waals surface area contributed by atoms with Gasteiger partial charge in [0.2, 0.25) is 5.82 Å². The molecule has 2 rings (SSSR count). The maximum atomic E-state index is 11.3. The topological polar surface area (TPSA) is 85.9 Å². The minimum atomic E-state index is -0.366. The molecule has 0 aliphatic rings. The van der Waals surface area contributed by atoms with Gasteiger partial charge in [-0.15, -0.1) is 11.3 Å². The Kier molecular flexibility index (Phi) is 4.33. The summed E-state index contributed by atoms with van der Waals surface area (Å²) in [7, 11) is 1.71. The van der Waals surface area contributed by atoms with Gasteiger partial charge in [-0.25, -0.2) is 9.67 Å². The Hall–Kier alpha value is -1.96. The van der Waals surface area contributed by atoms with Crippen LogP contribution in [-0.2, 0) is 13.5 Å². The van der Waals surface area contributed by atoms with Crippen LogP contribution in [0, 0.1) is 10.1 Å². The van der Waals surface area contributed by atoms with E-state index >= 15 is 0 Å². The number of thiazole rings is 1. The lowest BCUT2D eigenvalue weighted by molar-refractivity contribution is -0.384. The van der Waals surface area contributed by atoms with Crippen molar-refractivity contribution >= 4 is 22.8 Å². The molecule has 20 heavy (non-hydrogen) atoms. The molecule has 2 aromatic heterocycles. The fraction of sp³-hybridized carbons (Fsp3) is 0.500. The molecule has 0 fully saturated rings. The molecular weight excluding hydrogens is 278 g/mol. The lowest BCUT2D eigenvalue weighted by Crippen LogP contribution is -2.11. The van der Waals surface area contributed by atoms with Crippen LogP contribution in [0.3, 0.4) is 0 Å². The van der Waals surface area contributed by atoms with E-state index in [-0.39, 0.29) is 16.7 Å². The number of nitrogens with one attached hydrogen (secondary N) is 1. The van der Waals surface area contributed by atoms with Crippen molar-refractivity contribution in [1.29, 1.82) is 0 Å². The molecule has 0 bridgehead atoms. The second-order valence-electron chi connectivity index (χ2n) is 4.51. The number of anilines is 1. The van der Waals surface area contributed by atoms with Crippen molar-refractivity contribution in [3.63, 3.8) is 0 Å². The van der Waals surface area contributed by atoms with Crippen LogP contribution in [-0.4, -0.2) is 19.7 Å². The van der Waals surface area contributed by atoms with E-state index in [1.54, 1.807) is 13.2 Å². The Bertz CT molecular complexity index is 593. The van der Waals surface area contributed by atoms with E-state index in [4.69, 9.17) is 0 Å². The monoisotopic (exact) mass is 295 g/mol. The Morgan fingerprint density at radius 1 is 1.60 bits per heavy atom. The largest absolute Gasteiger partial charge is 0.356 e. The minimum Gasteiger partial charge on any atom is -0.356 e. The fourth-order valence-electron chi connectivity index (χ4n) is 2.04. The van der Waals surface area contributed by atoms with Crippen molar-refractivity contribution in [2.75, 3.05) is 5.32 Å². The SMILES string of the molecule is CCCc1nn(C)c(NC(C)c2nccs2)c1[N+](=O)[O-]. The second kappa shape index (κ2) is 6.00. The highest BCUT2D eigenvalue weighted by atomic mass is 32.1. The van der Waals surface area contributed by atoms with Gasteiger partial charge in [0.1, 0.15) is 10.7 Å². The summed E-state index contributed by atoms with van der Waals surface area (Å²) in [4.78, 5) is 15.1. The number of hydrogen-bond donors (Lipinski definition) is 1. The third-order valence-corrected chi connectivity index (χ3v) is 3.89. The first kappa shape index (κ1) is 14.4. The standard InChI is InChI=1S/C12H17N5O2S/c1-4-5-9-10(17(18)19)11(16(3)15-9)14-8(2)12-13-6-7-20-12/h6-8,14H,4-5H2,1-3H3. The highest BCUT2D eigenvalue weighted by molar-refractivity contribution is 7.09. The van der Waals surface area contributed by atoms with Gasteiger partial charge in [0, 0.05) is 18.6 Å². The number of aryl methyl sites for hydroxylation is 2. The van der Waals surface area contributed by atoms with Crippen LogP contribution in [0.4, 0.5) is 11.5 Å². The quantitative estimate of drug-likeness (QED) is 0.654. The normalized spacial score (nSPS) is 12.3. The van der Waals surface area contributed by atoms with Gasteiger partial charge in [-0.3, -0.25) is 10.1 Å². The molecule has 0 amide bonds. The van der Waals surface area contributed by atoms with Crippen molar-refractivity contribution in [3.8, 4) is 0 Å². The van der Waals surface area contributed by atoms with Crippen LogP contribution in [0.25, 0.3) is 0 Å². The average molecular weight is 295 g/mol. The highest BCUT2D eigenvalue weighted by Crippen LogP contribution is 2.32. The molecule has 108 valence electrons. The lowest BCUT2D eigenvalue weighted by atomic mass is 10.2. The van der Waals surface area contributed by atoms with Crippen molar-refractivity contribution < 1.29 is 4.92 Å². The summed E-state index contributed by atoms with van der Waals surface area (Å²) in [5.41, 5.74) is 0.589. The van der Waals surface area contributed by atoms with Crippen LogP contribution in [0.2, 0.25) is 0 Å². The summed E-state index contributed by atoms with van der Waals surface area (Å²) in [6, 6.07) is -0.0985. The molecule has 0 aliphatic heterocycles. The van der Waals surface area contributed by atoms with Crippen LogP contribution in [0.15, 0.2) is 11.6 Å². The predicted molar refractivity (Wildman–Crippen MR) is 78.0 cm³/mol. The van der Waals surface area contributed by atoms with E-state index in [0.29, 0.717) is 17.9 Å². The van der Waals surface area contributed by atoms with E-state index in [1.165, 1.54) is 16.0 Å². The maximum absolute atomic E-state index is 11.3. The Morgan fingerprint density at radius 2 is 2.35 bits per heavy atom. The molecule has 1 unspecified atom stereocenters. The highest BCUT2D eigenvalue weighted by Gasteiger charge is 2.27. The van der Waals surface area contributed by atoms with Gasteiger partial charge in [0.15, 0.2) is 0 Å². The minimum absolute atomic E-state index is 0.0674. The Morgan fingerprint density at radius 3 is 2.90 bits per heavy atom. The molecule has 7 nitrogen and oxygen atoms in total. The smallest absolute Gasteiger partial charge is 0.334 e. The van der Waals surface area contributed by atoms with Crippen LogP contribution < -0.4 is 5.32 Å². The average Bonchev–Trinajstić information content (AvgIpc) is 2.99. The molecule has 2 heterocycles. The maximum Gasteiger partial charge on any atom is 0.334 e. The summed E-state index contributed by atoms with van der Waals surface area (Å²) in [6.45, 7) is 3.90. The molecule has 0 aliphatic carbocycles. The van der Waals surface area contributed by atoms with E-state index in [2.05, 4.69) is 15.4 Å². The zero-order valence-corrected chi connectivity index (χ0v) is 12.5. The van der Waals surface area contributed by atoms with E-state index < -0.39 is 0 Å². The van der Waals surface area contributed by atoms with Gasteiger partial charge in [-0.1, -0.05) is 13.3 Å². The zero-order valence-electron chi connectivity index (χ0n) is 11.7. The first-order valence-electron chi connectivity index (χ1n) is 6.40. The molecule has 1 atom stereocenters. The number of hydrogen-bond acceptors (Lipinski definition) is 6. The number of nitro groups is 1. The molecule has 0 saturated heterocycles. The second-order valence-corrected chi connectivity index (χ2v) is 5.44. The molecule has 0 saturated carbocycles. The van der Waals surface area contributed by atoms with Crippen molar-refractivity contribution in [2.45, 2.75) is 32.7 Å². The van der Waals surface area contributed by atoms with Crippen molar-refractivity contribution in [2.24, 2.45) is 7.05 Å². The van der Waals surface area contributed by atoms with Crippen molar-refractivity contribution in [3.05, 3.63) is 32.4 Å². The molecule has 0 spiro atoms. The molecule has 0 aromatic carbocycles. The van der Waals surface area contributed by atoms with Gasteiger partial charge < -0.3 is 5.32 Å². The number of nitrogens with zero attached hydrogens (tertiary/aromatic N) is 4. The number of rotatable bonds is 6. The summed E-state index contributed by atoms with van der Waals surface area (Å²) >= 11 is 1.51. The summed E-state index contributed by atoms with van der Waals surface area (Å²) in [6.07, 6.45) is 3.13. The molecular formula is C12H17N5O2S. The number of aromatic nitrogens is 3. The fourth-order valence-corrected chi connectivity index (χ4v) is 2.69. The molecule has 2 aromatic rings. The van der Waals surface area contributed by atoms with Gasteiger partial charge >= 0.3 is 5.69 Å². The Labute approximate surface area is 120 Å². The van der Waals surface area contributed by atoms with Crippen molar-refractivity contribution in [1.82, 2.24) is 14.8 Å². The zero-order chi connectivity index (χ0) is 14.7. The van der Waals surface area contributed by atoms with Gasteiger partial charge in [0.25, 0.3) is 0 Å². The van der Waals surface area contributed by atoms with Gasteiger partial charge in [-0.05, 0) is 13.3 Å². The van der Waals surface area contributed by atoms with Gasteiger partial charge in [0.05, 0.1) is 11.0 Å². The lowest BCUT2D eigenvalue weighted by Gasteiger charge is -2.11. The third-order valence-electron chi connectivity index (χ3n) is 2.94. The van der Waals surface area contributed by atoms with E-state index in [1.807, 2.05) is 19.2 Å². The molecule has 0 radical (unpaired) electrons. The first-order chi connectivity index (χ1) is 9.54. The summed E-state index contributed by atoms with van der Waals surface area (Å²) < 4.78 is 1.53. The molecule has 1 N–H and O–H groups in total. The van der Waals surface area contributed by atoms with Gasteiger partial charge in [-0.2, -0.15) is 5.10 Å². The first-order valence-corrected chi connectivity index (χ1v) is 7.28. The third kappa shape index (κ3) is 2.79.